The van der Waals surface area contributed by atoms with Gasteiger partial charge in [-0.2, -0.15) is 0 Å². The molecular weight excluding hydrogens is 367 g/mol. The second-order valence-electron chi connectivity index (χ2n) is 5.98. The highest BCUT2D eigenvalue weighted by Gasteiger charge is 2.10. The number of amides is 2. The number of hydrogen-bond acceptors (Lipinski definition) is 2. The molecule has 0 aliphatic heterocycles. The van der Waals surface area contributed by atoms with Crippen LogP contribution in [-0.2, 0) is 0 Å². The van der Waals surface area contributed by atoms with Crippen molar-refractivity contribution < 1.29 is 14.0 Å². The molecule has 4 nitrogen and oxygen atoms in total. The van der Waals surface area contributed by atoms with Gasteiger partial charge in [-0.3, -0.25) is 9.59 Å². The van der Waals surface area contributed by atoms with Gasteiger partial charge in [0.1, 0.15) is 5.82 Å². The van der Waals surface area contributed by atoms with Crippen LogP contribution in [0.4, 0.5) is 15.8 Å². The molecule has 3 rings (SSSR count). The molecule has 136 valence electrons. The highest BCUT2D eigenvalue weighted by molar-refractivity contribution is 6.31. The number of halogens is 2. The molecular formula is C21H16ClFN2O2. The maximum atomic E-state index is 13.2. The molecule has 2 N–H and O–H groups in total. The minimum Gasteiger partial charge on any atom is -0.322 e. The first-order chi connectivity index (χ1) is 12.9. The summed E-state index contributed by atoms with van der Waals surface area (Å²) in [7, 11) is 0. The Morgan fingerprint density at radius 3 is 1.89 bits per heavy atom. The predicted molar refractivity (Wildman–Crippen MR) is 105 cm³/mol. The van der Waals surface area contributed by atoms with E-state index in [-0.39, 0.29) is 16.8 Å². The number of anilines is 2. The molecule has 0 unspecified atom stereocenters. The Kier molecular flexibility index (Phi) is 5.52. The van der Waals surface area contributed by atoms with E-state index in [1.807, 2.05) is 25.1 Å². The Morgan fingerprint density at radius 2 is 1.37 bits per heavy atom. The first kappa shape index (κ1) is 18.6. The molecule has 0 heterocycles. The van der Waals surface area contributed by atoms with Crippen LogP contribution in [0.15, 0.2) is 66.7 Å². The minimum absolute atomic E-state index is 0.0732. The van der Waals surface area contributed by atoms with Crippen LogP contribution < -0.4 is 10.6 Å². The Balaban J connectivity index is 1.67. The van der Waals surface area contributed by atoms with E-state index >= 15 is 0 Å². The van der Waals surface area contributed by atoms with E-state index in [9.17, 15) is 14.0 Å². The highest BCUT2D eigenvalue weighted by Crippen LogP contribution is 2.20. The minimum atomic E-state index is -0.557. The molecule has 0 saturated heterocycles. The normalized spacial score (nSPS) is 10.3. The highest BCUT2D eigenvalue weighted by atomic mass is 35.5. The first-order valence-electron chi connectivity index (χ1n) is 8.17. The first-order valence-corrected chi connectivity index (χ1v) is 8.54. The van der Waals surface area contributed by atoms with E-state index in [1.54, 1.807) is 30.3 Å². The lowest BCUT2D eigenvalue weighted by Gasteiger charge is -2.08. The largest absolute Gasteiger partial charge is 0.322 e. The van der Waals surface area contributed by atoms with Gasteiger partial charge in [-0.15, -0.1) is 0 Å². The molecule has 6 heteroatoms. The second-order valence-corrected chi connectivity index (χ2v) is 6.39. The van der Waals surface area contributed by atoms with Crippen molar-refractivity contribution in [2.75, 3.05) is 10.6 Å². The number of hydrogen-bond donors (Lipinski definition) is 2. The summed E-state index contributed by atoms with van der Waals surface area (Å²) in [5.41, 5.74) is 2.92. The van der Waals surface area contributed by atoms with Crippen molar-refractivity contribution in [3.05, 3.63) is 94.3 Å². The summed E-state index contributed by atoms with van der Waals surface area (Å²) in [6.45, 7) is 1.94. The molecule has 3 aromatic carbocycles. The van der Waals surface area contributed by atoms with Crippen molar-refractivity contribution in [1.29, 1.82) is 0 Å². The molecule has 27 heavy (non-hydrogen) atoms. The summed E-state index contributed by atoms with van der Waals surface area (Å²) in [5, 5.41) is 5.37. The standard InChI is InChI=1S/C21H16ClFN2O2/c1-13-3-2-4-16(11-13)24-20(26)14-5-7-15(8-6-14)21(27)25-17-9-10-19(23)18(22)12-17/h2-12H,1H3,(H,24,26)(H,25,27). The quantitative estimate of drug-likeness (QED) is 0.644. The van der Waals surface area contributed by atoms with Crippen LogP contribution in [0.1, 0.15) is 26.3 Å². The van der Waals surface area contributed by atoms with E-state index < -0.39 is 5.82 Å². The van der Waals surface area contributed by atoms with Gasteiger partial charge in [-0.05, 0) is 67.1 Å². The third-order valence-corrected chi connectivity index (χ3v) is 4.15. The number of rotatable bonds is 4. The van der Waals surface area contributed by atoms with Crippen LogP contribution in [0.25, 0.3) is 0 Å². The van der Waals surface area contributed by atoms with Crippen molar-refractivity contribution in [3.8, 4) is 0 Å². The Hall–Kier alpha value is -3.18. The van der Waals surface area contributed by atoms with E-state index in [2.05, 4.69) is 10.6 Å². The summed E-state index contributed by atoms with van der Waals surface area (Å²) >= 11 is 5.70. The maximum Gasteiger partial charge on any atom is 0.255 e. The number of nitrogens with one attached hydrogen (secondary N) is 2. The molecule has 0 spiro atoms. The lowest BCUT2D eigenvalue weighted by atomic mass is 10.1. The van der Waals surface area contributed by atoms with Gasteiger partial charge in [0.15, 0.2) is 0 Å². The molecule has 0 aromatic heterocycles. The van der Waals surface area contributed by atoms with Gasteiger partial charge in [0.05, 0.1) is 5.02 Å². The fourth-order valence-corrected chi connectivity index (χ4v) is 2.66. The van der Waals surface area contributed by atoms with E-state index in [1.165, 1.54) is 18.2 Å². The molecule has 0 bridgehead atoms. The maximum absolute atomic E-state index is 13.2. The number of benzene rings is 3. The topological polar surface area (TPSA) is 58.2 Å². The molecule has 2 amide bonds. The summed E-state index contributed by atoms with van der Waals surface area (Å²) < 4.78 is 13.2. The van der Waals surface area contributed by atoms with Gasteiger partial charge in [0, 0.05) is 22.5 Å². The third kappa shape index (κ3) is 4.71. The van der Waals surface area contributed by atoms with E-state index in [0.717, 1.165) is 5.56 Å². The average molecular weight is 383 g/mol. The van der Waals surface area contributed by atoms with Gasteiger partial charge in [-0.1, -0.05) is 23.7 Å². The van der Waals surface area contributed by atoms with E-state index in [0.29, 0.717) is 22.5 Å². The lowest BCUT2D eigenvalue weighted by Crippen LogP contribution is -2.14. The van der Waals surface area contributed by atoms with Crippen molar-refractivity contribution in [2.45, 2.75) is 6.92 Å². The predicted octanol–water partition coefficient (Wildman–Crippen LogP) is 5.29. The molecule has 0 aliphatic carbocycles. The molecule has 0 fully saturated rings. The lowest BCUT2D eigenvalue weighted by molar-refractivity contribution is 0.101. The molecule has 0 saturated carbocycles. The summed E-state index contributed by atoms with van der Waals surface area (Å²) in [6.07, 6.45) is 0. The fourth-order valence-electron chi connectivity index (χ4n) is 2.48. The Labute approximate surface area is 161 Å². The van der Waals surface area contributed by atoms with Crippen molar-refractivity contribution in [2.24, 2.45) is 0 Å². The number of aryl methyl sites for hydroxylation is 1. The van der Waals surface area contributed by atoms with Crippen molar-refractivity contribution in [3.63, 3.8) is 0 Å². The van der Waals surface area contributed by atoms with Gasteiger partial charge in [-0.25, -0.2) is 4.39 Å². The molecule has 0 aliphatic rings. The van der Waals surface area contributed by atoms with Crippen LogP contribution in [0.3, 0.4) is 0 Å². The summed E-state index contributed by atoms with van der Waals surface area (Å²) in [6, 6.07) is 17.6. The van der Waals surface area contributed by atoms with Gasteiger partial charge in [0.2, 0.25) is 0 Å². The zero-order valence-corrected chi connectivity index (χ0v) is 15.2. The fraction of sp³-hybridized carbons (Fsp3) is 0.0476. The monoisotopic (exact) mass is 382 g/mol. The second kappa shape index (κ2) is 8.01. The van der Waals surface area contributed by atoms with Crippen molar-refractivity contribution in [1.82, 2.24) is 0 Å². The Morgan fingerprint density at radius 1 is 0.815 bits per heavy atom. The van der Waals surface area contributed by atoms with E-state index in [4.69, 9.17) is 11.6 Å². The smallest absolute Gasteiger partial charge is 0.255 e. The van der Waals surface area contributed by atoms with Crippen molar-refractivity contribution >= 4 is 34.8 Å². The zero-order chi connectivity index (χ0) is 19.4. The summed E-state index contributed by atoms with van der Waals surface area (Å²) in [5.74, 6) is -1.21. The number of carbonyl (C=O) groups excluding carboxylic acids is 2. The summed E-state index contributed by atoms with van der Waals surface area (Å²) in [4.78, 5) is 24.6. The number of carbonyl (C=O) groups is 2. The Bertz CT molecular complexity index is 1000. The van der Waals surface area contributed by atoms with Crippen LogP contribution in [0, 0.1) is 12.7 Å². The third-order valence-electron chi connectivity index (χ3n) is 3.86. The van der Waals surface area contributed by atoms with Crippen LogP contribution >= 0.6 is 11.6 Å². The molecule has 3 aromatic rings. The SMILES string of the molecule is Cc1cccc(NC(=O)c2ccc(C(=O)Nc3ccc(F)c(Cl)c3)cc2)c1. The van der Waals surface area contributed by atoms with Crippen LogP contribution in [0.2, 0.25) is 5.02 Å². The van der Waals surface area contributed by atoms with Gasteiger partial charge < -0.3 is 10.6 Å². The molecule has 0 atom stereocenters. The average Bonchev–Trinajstić information content (AvgIpc) is 2.65. The molecule has 0 radical (unpaired) electrons. The van der Waals surface area contributed by atoms with Crippen LogP contribution in [-0.4, -0.2) is 11.8 Å². The zero-order valence-electron chi connectivity index (χ0n) is 14.4. The van der Waals surface area contributed by atoms with Crippen LogP contribution in [0.5, 0.6) is 0 Å². The van der Waals surface area contributed by atoms with Gasteiger partial charge >= 0.3 is 0 Å². The van der Waals surface area contributed by atoms with Gasteiger partial charge in [0.25, 0.3) is 11.8 Å².